The topological polar surface area (TPSA) is 67.4 Å². The van der Waals surface area contributed by atoms with Crippen LogP contribution in [0.3, 0.4) is 0 Å². The molecular weight excluding hydrogens is 220 g/mol. The molecule has 98 valence electrons. The van der Waals surface area contributed by atoms with Crippen LogP contribution in [0.25, 0.3) is 0 Å². The van der Waals surface area contributed by atoms with Crippen LogP contribution < -0.4 is 10.6 Å². The Labute approximate surface area is 103 Å². The van der Waals surface area contributed by atoms with Crippen molar-refractivity contribution >= 4 is 12.0 Å². The largest absolute Gasteiger partial charge is 0.450 e. The van der Waals surface area contributed by atoms with E-state index in [0.29, 0.717) is 6.61 Å². The average molecular weight is 242 g/mol. The SMILES string of the molecule is CC/C=C\CCCCOC(=O)NCC(=O)NC. The average Bonchev–Trinajstić information content (AvgIpc) is 2.34. The third-order valence-corrected chi connectivity index (χ3v) is 2.07. The van der Waals surface area contributed by atoms with Gasteiger partial charge in [-0.3, -0.25) is 4.79 Å². The van der Waals surface area contributed by atoms with Crippen LogP contribution in [-0.4, -0.2) is 32.2 Å². The minimum absolute atomic E-state index is 0.0471. The van der Waals surface area contributed by atoms with Gasteiger partial charge in [-0.25, -0.2) is 4.79 Å². The zero-order chi connectivity index (χ0) is 12.9. The van der Waals surface area contributed by atoms with Gasteiger partial charge < -0.3 is 15.4 Å². The van der Waals surface area contributed by atoms with Crippen molar-refractivity contribution in [3.05, 3.63) is 12.2 Å². The van der Waals surface area contributed by atoms with Gasteiger partial charge in [-0.1, -0.05) is 19.1 Å². The zero-order valence-corrected chi connectivity index (χ0v) is 10.6. The molecule has 0 spiro atoms. The molecule has 2 amide bonds. The molecule has 17 heavy (non-hydrogen) atoms. The van der Waals surface area contributed by atoms with Crippen LogP contribution in [0.1, 0.15) is 32.6 Å². The number of alkyl carbamates (subject to hydrolysis) is 1. The number of carbonyl (C=O) groups is 2. The van der Waals surface area contributed by atoms with Crippen molar-refractivity contribution in [2.24, 2.45) is 0 Å². The number of ether oxygens (including phenoxy) is 1. The van der Waals surface area contributed by atoms with E-state index in [-0.39, 0.29) is 12.5 Å². The summed E-state index contributed by atoms with van der Waals surface area (Å²) in [7, 11) is 1.51. The second-order valence-corrected chi connectivity index (χ2v) is 3.54. The molecule has 0 aromatic carbocycles. The Kier molecular flexibility index (Phi) is 10.00. The first-order valence-corrected chi connectivity index (χ1v) is 5.97. The van der Waals surface area contributed by atoms with Gasteiger partial charge in [0.25, 0.3) is 0 Å². The van der Waals surface area contributed by atoms with Gasteiger partial charge in [0.15, 0.2) is 0 Å². The van der Waals surface area contributed by atoms with Gasteiger partial charge in [-0.15, -0.1) is 0 Å². The summed E-state index contributed by atoms with van der Waals surface area (Å²) in [6.45, 7) is 2.44. The molecule has 2 N–H and O–H groups in total. The summed E-state index contributed by atoms with van der Waals surface area (Å²) in [6, 6.07) is 0. The fourth-order valence-corrected chi connectivity index (χ4v) is 1.11. The van der Waals surface area contributed by atoms with E-state index < -0.39 is 6.09 Å². The number of hydrogen-bond acceptors (Lipinski definition) is 3. The number of unbranched alkanes of at least 4 members (excludes halogenated alkanes) is 2. The second-order valence-electron chi connectivity index (χ2n) is 3.54. The van der Waals surface area contributed by atoms with E-state index in [1.54, 1.807) is 0 Å². The second kappa shape index (κ2) is 11.0. The molecule has 0 atom stereocenters. The number of hydrogen-bond donors (Lipinski definition) is 2. The molecule has 0 saturated heterocycles. The highest BCUT2D eigenvalue weighted by atomic mass is 16.5. The normalized spacial score (nSPS) is 10.2. The predicted molar refractivity (Wildman–Crippen MR) is 66.7 cm³/mol. The van der Waals surface area contributed by atoms with Crippen molar-refractivity contribution in [2.45, 2.75) is 32.6 Å². The van der Waals surface area contributed by atoms with Crippen LogP contribution in [-0.2, 0) is 9.53 Å². The van der Waals surface area contributed by atoms with Gasteiger partial charge in [-0.05, 0) is 25.7 Å². The highest BCUT2D eigenvalue weighted by molar-refractivity contribution is 5.81. The Hall–Kier alpha value is -1.52. The van der Waals surface area contributed by atoms with Gasteiger partial charge in [0.1, 0.15) is 0 Å². The van der Waals surface area contributed by atoms with Gasteiger partial charge in [-0.2, -0.15) is 0 Å². The lowest BCUT2D eigenvalue weighted by Crippen LogP contribution is -2.35. The molecule has 0 heterocycles. The minimum atomic E-state index is -0.544. The first-order valence-electron chi connectivity index (χ1n) is 5.97. The molecule has 0 aromatic heterocycles. The molecule has 0 aliphatic carbocycles. The molecule has 0 aliphatic heterocycles. The van der Waals surface area contributed by atoms with Crippen molar-refractivity contribution in [2.75, 3.05) is 20.2 Å². The van der Waals surface area contributed by atoms with E-state index in [2.05, 4.69) is 29.7 Å². The molecule has 0 fully saturated rings. The molecular formula is C12H22N2O3. The van der Waals surface area contributed by atoms with Crippen LogP contribution in [0, 0.1) is 0 Å². The highest BCUT2D eigenvalue weighted by Crippen LogP contribution is 1.98. The van der Waals surface area contributed by atoms with Gasteiger partial charge in [0, 0.05) is 7.05 Å². The van der Waals surface area contributed by atoms with Gasteiger partial charge in [0.05, 0.1) is 13.2 Å². The predicted octanol–water partition coefficient (Wildman–Crippen LogP) is 1.60. The van der Waals surface area contributed by atoms with Crippen molar-refractivity contribution in [1.82, 2.24) is 10.6 Å². The summed E-state index contributed by atoms with van der Waals surface area (Å²) < 4.78 is 4.89. The van der Waals surface area contributed by atoms with Crippen LogP contribution in [0.4, 0.5) is 4.79 Å². The Morgan fingerprint density at radius 3 is 2.65 bits per heavy atom. The first-order chi connectivity index (χ1) is 8.20. The minimum Gasteiger partial charge on any atom is -0.450 e. The fourth-order valence-electron chi connectivity index (χ4n) is 1.11. The lowest BCUT2D eigenvalue weighted by molar-refractivity contribution is -0.119. The Morgan fingerprint density at radius 2 is 2.00 bits per heavy atom. The van der Waals surface area contributed by atoms with Crippen molar-refractivity contribution in [3.8, 4) is 0 Å². The molecule has 5 nitrogen and oxygen atoms in total. The molecule has 0 radical (unpaired) electrons. The molecule has 0 unspecified atom stereocenters. The van der Waals surface area contributed by atoms with Gasteiger partial charge in [0.2, 0.25) is 5.91 Å². The van der Waals surface area contributed by atoms with Crippen molar-refractivity contribution in [3.63, 3.8) is 0 Å². The number of allylic oxidation sites excluding steroid dienone is 2. The lowest BCUT2D eigenvalue weighted by Gasteiger charge is -2.05. The van der Waals surface area contributed by atoms with E-state index in [0.717, 1.165) is 25.7 Å². The van der Waals surface area contributed by atoms with E-state index in [9.17, 15) is 9.59 Å². The summed E-state index contributed by atoms with van der Waals surface area (Å²) in [5.41, 5.74) is 0. The Morgan fingerprint density at radius 1 is 1.24 bits per heavy atom. The maximum absolute atomic E-state index is 11.1. The Balaban J connectivity index is 3.33. The van der Waals surface area contributed by atoms with Crippen LogP contribution in [0.15, 0.2) is 12.2 Å². The third-order valence-electron chi connectivity index (χ3n) is 2.07. The fraction of sp³-hybridized carbons (Fsp3) is 0.667. The monoisotopic (exact) mass is 242 g/mol. The van der Waals surface area contributed by atoms with Crippen LogP contribution in [0.2, 0.25) is 0 Å². The number of likely N-dealkylation sites (N-methyl/N-ethyl adjacent to an activating group) is 1. The molecule has 5 heteroatoms. The maximum Gasteiger partial charge on any atom is 0.407 e. The number of carbonyl (C=O) groups excluding carboxylic acids is 2. The molecule has 0 aromatic rings. The van der Waals surface area contributed by atoms with E-state index >= 15 is 0 Å². The summed E-state index contributed by atoms with van der Waals surface area (Å²) >= 11 is 0. The standard InChI is InChI=1S/C12H22N2O3/c1-3-4-5-6-7-8-9-17-12(16)14-10-11(15)13-2/h4-5H,3,6-10H2,1-2H3,(H,13,15)(H,14,16)/b5-4-. The quantitative estimate of drug-likeness (QED) is 0.502. The third kappa shape index (κ3) is 10.8. The van der Waals surface area contributed by atoms with Crippen LogP contribution >= 0.6 is 0 Å². The molecule has 0 bridgehead atoms. The summed E-state index contributed by atoms with van der Waals surface area (Å²) in [4.78, 5) is 21.9. The van der Waals surface area contributed by atoms with E-state index in [4.69, 9.17) is 4.74 Å². The zero-order valence-electron chi connectivity index (χ0n) is 10.6. The van der Waals surface area contributed by atoms with Crippen molar-refractivity contribution < 1.29 is 14.3 Å². The maximum atomic E-state index is 11.1. The van der Waals surface area contributed by atoms with E-state index in [1.807, 2.05) is 0 Å². The Bertz CT molecular complexity index is 252. The first kappa shape index (κ1) is 15.5. The number of nitrogens with one attached hydrogen (secondary N) is 2. The number of rotatable bonds is 8. The summed E-state index contributed by atoms with van der Waals surface area (Å²) in [6.07, 6.45) is 7.61. The van der Waals surface area contributed by atoms with Gasteiger partial charge >= 0.3 is 6.09 Å². The lowest BCUT2D eigenvalue weighted by atomic mass is 10.2. The smallest absolute Gasteiger partial charge is 0.407 e. The molecule has 0 aliphatic rings. The summed E-state index contributed by atoms with van der Waals surface area (Å²) in [5, 5.41) is 4.76. The summed E-state index contributed by atoms with van der Waals surface area (Å²) in [5.74, 6) is -0.244. The molecule has 0 saturated carbocycles. The number of amides is 2. The van der Waals surface area contributed by atoms with Crippen molar-refractivity contribution in [1.29, 1.82) is 0 Å². The molecule has 0 rings (SSSR count). The van der Waals surface area contributed by atoms with E-state index in [1.165, 1.54) is 7.05 Å². The highest BCUT2D eigenvalue weighted by Gasteiger charge is 2.03. The van der Waals surface area contributed by atoms with Crippen LogP contribution in [0.5, 0.6) is 0 Å².